The molecule has 4 aromatic carbocycles. The molecule has 14 heteroatoms. The molecule has 0 spiro atoms. The minimum Gasteiger partial charge on any atom is -0.453 e. The number of benzene rings is 4. The second-order valence-electron chi connectivity index (χ2n) is 16.5. The molecular weight excluding hydrogens is 761 g/mol. The predicted molar refractivity (Wildman–Crippen MR) is 230 cm³/mol. The van der Waals surface area contributed by atoms with E-state index < -0.39 is 24.3 Å². The van der Waals surface area contributed by atoms with Gasteiger partial charge in [0.2, 0.25) is 11.8 Å². The molecule has 0 bridgehead atoms. The van der Waals surface area contributed by atoms with Crippen molar-refractivity contribution in [3.05, 3.63) is 84.6 Å². The number of nitrogens with zero attached hydrogens (tertiary/aromatic N) is 4. The van der Waals surface area contributed by atoms with Crippen molar-refractivity contribution in [2.75, 3.05) is 27.3 Å². The quantitative estimate of drug-likeness (QED) is 0.101. The van der Waals surface area contributed by atoms with Crippen molar-refractivity contribution < 1.29 is 28.7 Å². The fourth-order valence-corrected chi connectivity index (χ4v) is 8.91. The summed E-state index contributed by atoms with van der Waals surface area (Å²) in [7, 11) is 2.59. The molecule has 2 saturated heterocycles. The molecule has 4 amide bonds. The van der Waals surface area contributed by atoms with E-state index >= 15 is 0 Å². The van der Waals surface area contributed by atoms with E-state index in [4.69, 9.17) is 19.4 Å². The molecule has 2 aliphatic rings. The van der Waals surface area contributed by atoms with Crippen molar-refractivity contribution in [1.29, 1.82) is 0 Å². The third-order valence-electron chi connectivity index (χ3n) is 12.1. The van der Waals surface area contributed by atoms with Gasteiger partial charge >= 0.3 is 12.2 Å². The molecule has 0 saturated carbocycles. The van der Waals surface area contributed by atoms with E-state index in [0.29, 0.717) is 13.1 Å². The molecule has 0 radical (unpaired) electrons. The van der Waals surface area contributed by atoms with Crippen LogP contribution in [0.1, 0.15) is 77.1 Å². The Morgan fingerprint density at radius 3 is 1.80 bits per heavy atom. The molecule has 0 unspecified atom stereocenters. The Bertz CT molecular complexity index is 2580. The maximum Gasteiger partial charge on any atom is 0.407 e. The zero-order chi connectivity index (χ0) is 42.2. The molecule has 14 nitrogen and oxygen atoms in total. The van der Waals surface area contributed by atoms with Gasteiger partial charge in [-0.2, -0.15) is 0 Å². The summed E-state index contributed by atoms with van der Waals surface area (Å²) in [5.41, 5.74) is 5.73. The van der Waals surface area contributed by atoms with Crippen LogP contribution in [0.5, 0.6) is 0 Å². The van der Waals surface area contributed by atoms with Gasteiger partial charge in [0.05, 0.1) is 49.2 Å². The minimum atomic E-state index is -0.712. The second-order valence-corrected chi connectivity index (χ2v) is 16.5. The van der Waals surface area contributed by atoms with Crippen LogP contribution in [0.4, 0.5) is 9.59 Å². The number of nitrogens with one attached hydrogen (secondary N) is 4. The highest BCUT2D eigenvalue weighted by molar-refractivity contribution is 6.23. The molecule has 312 valence electrons. The van der Waals surface area contributed by atoms with Crippen LogP contribution in [-0.2, 0) is 19.1 Å². The van der Waals surface area contributed by atoms with Crippen molar-refractivity contribution in [3.63, 3.8) is 0 Å². The van der Waals surface area contributed by atoms with Gasteiger partial charge in [0, 0.05) is 23.9 Å². The SMILES string of the molecule is COC(=O)N[C@H](C(=O)N1CCC[C@H]1c1ncc(-c2ccc(-c3ccc4c(c3)c3ccccc3c3nc([C@@H]5CCCN5C(=O)[C@@H](NC(=O)OC)C(C)C)[nH]c43)cc2)[nH]1)C(C)C. The minimum absolute atomic E-state index is 0.112. The highest BCUT2D eigenvalue weighted by Gasteiger charge is 2.39. The predicted octanol–water partition coefficient (Wildman–Crippen LogP) is 8.01. The first-order valence-electron chi connectivity index (χ1n) is 20.8. The fourth-order valence-electron chi connectivity index (χ4n) is 8.91. The van der Waals surface area contributed by atoms with Gasteiger partial charge in [0.1, 0.15) is 23.7 Å². The maximum absolute atomic E-state index is 13.9. The number of hydrogen-bond acceptors (Lipinski definition) is 8. The van der Waals surface area contributed by atoms with Crippen molar-refractivity contribution in [2.24, 2.45) is 11.8 Å². The summed E-state index contributed by atoms with van der Waals surface area (Å²) in [5.74, 6) is 0.931. The lowest BCUT2D eigenvalue weighted by Crippen LogP contribution is -2.51. The molecule has 2 fully saturated rings. The monoisotopic (exact) mass is 812 g/mol. The first kappa shape index (κ1) is 40.3. The van der Waals surface area contributed by atoms with Gasteiger partial charge in [-0.3, -0.25) is 9.59 Å². The number of hydrogen-bond donors (Lipinski definition) is 4. The molecule has 4 atom stereocenters. The fraction of sp³-hybridized carbons (Fsp3) is 0.391. The molecule has 0 aliphatic carbocycles. The first-order chi connectivity index (χ1) is 29.0. The summed E-state index contributed by atoms with van der Waals surface area (Å²) in [6.45, 7) is 8.80. The smallest absolute Gasteiger partial charge is 0.407 e. The Morgan fingerprint density at radius 2 is 1.22 bits per heavy atom. The zero-order valence-electron chi connectivity index (χ0n) is 34.9. The van der Waals surface area contributed by atoms with Gasteiger partial charge in [-0.25, -0.2) is 19.6 Å². The molecular formula is C46H52N8O6. The zero-order valence-corrected chi connectivity index (χ0v) is 34.9. The first-order valence-corrected chi connectivity index (χ1v) is 20.8. The number of ether oxygens (including phenoxy) is 2. The van der Waals surface area contributed by atoms with E-state index in [1.54, 1.807) is 0 Å². The van der Waals surface area contributed by atoms with E-state index in [0.717, 1.165) is 92.3 Å². The van der Waals surface area contributed by atoms with E-state index in [1.165, 1.54) is 14.2 Å². The number of aromatic nitrogens is 4. The number of aromatic amines is 2. The largest absolute Gasteiger partial charge is 0.453 e. The third-order valence-corrected chi connectivity index (χ3v) is 12.1. The number of fused-ring (bicyclic) bond motifs is 6. The van der Waals surface area contributed by atoms with Crippen LogP contribution < -0.4 is 10.6 Å². The van der Waals surface area contributed by atoms with Crippen LogP contribution in [0.15, 0.2) is 72.9 Å². The summed E-state index contributed by atoms with van der Waals surface area (Å²) >= 11 is 0. The standard InChI is InChI=1S/C46H52N8O6/c1-25(2)37(51-45(57)59-5)43(55)53-21-9-13-35(53)41-47-24-34(48-41)28-17-15-27(16-18-28)29-19-20-32-33(23-29)30-11-7-8-12-31(30)39-40(32)50-42(49-39)36-14-10-22-54(36)44(56)38(26(3)4)52-46(58)60-6/h7-8,11-12,15-20,23-26,35-38H,9-10,13-14,21-22H2,1-6H3,(H,47,48)(H,49,50)(H,51,57)(H,52,58)/t35-,36-,37-,38-/m0/s1. The van der Waals surface area contributed by atoms with Gasteiger partial charge in [-0.05, 0) is 71.0 Å². The summed E-state index contributed by atoms with van der Waals surface area (Å²) in [6, 6.07) is 21.3. The van der Waals surface area contributed by atoms with Gasteiger partial charge < -0.3 is 39.9 Å². The Morgan fingerprint density at radius 1 is 0.667 bits per heavy atom. The number of carbonyl (C=O) groups excluding carboxylic acids is 4. The normalized spacial score (nSPS) is 17.8. The Balaban J connectivity index is 1.06. The Labute approximate surface area is 348 Å². The molecule has 4 heterocycles. The lowest BCUT2D eigenvalue weighted by Gasteiger charge is -2.30. The van der Waals surface area contributed by atoms with E-state index in [-0.39, 0.29) is 35.7 Å². The van der Waals surface area contributed by atoms with Gasteiger partial charge in [-0.1, -0.05) is 88.4 Å². The van der Waals surface area contributed by atoms with Crippen molar-refractivity contribution in [2.45, 2.75) is 77.5 Å². The van der Waals surface area contributed by atoms with Crippen molar-refractivity contribution in [1.82, 2.24) is 40.4 Å². The maximum atomic E-state index is 13.9. The number of amides is 4. The average molecular weight is 813 g/mol. The van der Waals surface area contributed by atoms with Crippen molar-refractivity contribution in [3.8, 4) is 22.4 Å². The second kappa shape index (κ2) is 16.7. The van der Waals surface area contributed by atoms with Crippen LogP contribution in [0, 0.1) is 11.8 Å². The average Bonchev–Trinajstić information content (AvgIpc) is 4.10. The van der Waals surface area contributed by atoms with Gasteiger partial charge in [0.25, 0.3) is 0 Å². The Kier molecular flexibility index (Phi) is 11.2. The highest BCUT2D eigenvalue weighted by Crippen LogP contribution is 2.40. The van der Waals surface area contributed by atoms with Crippen LogP contribution in [0.3, 0.4) is 0 Å². The Hall–Kier alpha value is -6.44. The van der Waals surface area contributed by atoms with Crippen LogP contribution in [0.2, 0.25) is 0 Å². The molecule has 6 aromatic rings. The highest BCUT2D eigenvalue weighted by atomic mass is 16.5. The molecule has 2 aromatic heterocycles. The van der Waals surface area contributed by atoms with Crippen molar-refractivity contribution >= 4 is 56.6 Å². The van der Waals surface area contributed by atoms with Crippen LogP contribution >= 0.6 is 0 Å². The summed E-state index contributed by atoms with van der Waals surface area (Å²) in [4.78, 5) is 72.3. The number of alkyl carbamates (subject to hydrolysis) is 2. The molecule has 4 N–H and O–H groups in total. The number of carbonyl (C=O) groups is 4. The molecule has 8 rings (SSSR count). The molecule has 60 heavy (non-hydrogen) atoms. The number of H-pyrrole nitrogens is 2. The number of rotatable bonds is 10. The lowest BCUT2D eigenvalue weighted by molar-refractivity contribution is -0.136. The van der Waals surface area contributed by atoms with E-state index in [2.05, 4.69) is 75.2 Å². The summed E-state index contributed by atoms with van der Waals surface area (Å²) in [5, 5.41) is 9.68. The summed E-state index contributed by atoms with van der Waals surface area (Å²) in [6.07, 6.45) is 3.77. The van der Waals surface area contributed by atoms with Gasteiger partial charge in [-0.15, -0.1) is 0 Å². The van der Waals surface area contributed by atoms with Gasteiger partial charge in [0.15, 0.2) is 0 Å². The molecule has 2 aliphatic heterocycles. The lowest BCUT2D eigenvalue weighted by atomic mass is 9.95. The third kappa shape index (κ3) is 7.50. The van der Waals surface area contributed by atoms with E-state index in [1.807, 2.05) is 55.8 Å². The topological polar surface area (TPSA) is 175 Å². The van der Waals surface area contributed by atoms with Crippen LogP contribution in [0.25, 0.3) is 55.0 Å². The number of methoxy groups -OCH3 is 2. The number of likely N-dealkylation sites (tertiary alicyclic amines) is 2. The number of imidazole rings is 2. The summed E-state index contributed by atoms with van der Waals surface area (Å²) < 4.78 is 9.60. The van der Waals surface area contributed by atoms with E-state index in [9.17, 15) is 19.2 Å². The van der Waals surface area contributed by atoms with Crippen LogP contribution in [-0.4, -0.2) is 93.1 Å².